The van der Waals surface area contributed by atoms with Crippen LogP contribution in [0, 0.1) is 11.7 Å². The first kappa shape index (κ1) is 24.3. The number of carbonyl (C=O) groups excluding carboxylic acids is 1. The van der Waals surface area contributed by atoms with Gasteiger partial charge in [0.15, 0.2) is 0 Å². The van der Waals surface area contributed by atoms with Gasteiger partial charge in [-0.15, -0.1) is 0 Å². The molecule has 2 saturated heterocycles. The molecule has 4 rings (SSSR count). The minimum absolute atomic E-state index is 0.175. The first-order valence-corrected chi connectivity index (χ1v) is 12.1. The van der Waals surface area contributed by atoms with Gasteiger partial charge in [0.25, 0.3) is 0 Å². The smallest absolute Gasteiger partial charge is 0.330 e. The van der Waals surface area contributed by atoms with Crippen molar-refractivity contribution in [3.63, 3.8) is 0 Å². The summed E-state index contributed by atoms with van der Waals surface area (Å²) >= 11 is 0. The van der Waals surface area contributed by atoms with Crippen LogP contribution in [-0.4, -0.2) is 77.2 Å². The molecule has 0 radical (unpaired) electrons. The largest absolute Gasteiger partial charge is 0.354 e. The molecule has 2 aliphatic rings. The molecule has 4 N–H and O–H groups in total. The summed E-state index contributed by atoms with van der Waals surface area (Å²) in [7, 11) is 0. The fourth-order valence-electron chi connectivity index (χ4n) is 4.75. The molecule has 2 aliphatic heterocycles. The molecule has 2 fully saturated rings. The third-order valence-corrected chi connectivity index (χ3v) is 6.85. The number of urea groups is 1. The fourth-order valence-corrected chi connectivity index (χ4v) is 4.75. The first-order valence-electron chi connectivity index (χ1n) is 12.1. The molecule has 2 amide bonds. The highest BCUT2D eigenvalue weighted by Crippen LogP contribution is 2.23. The quantitative estimate of drug-likeness (QED) is 0.564. The SMILES string of the molecule is CCC(Cc1ccc(-n2ccc(NC(=O)N3CCNCC3)nc2=O)cc1F)N1CC[C@@H](CN)C1. The molecule has 3 heterocycles. The van der Waals surface area contributed by atoms with Crippen LogP contribution in [-0.2, 0) is 6.42 Å². The average molecular weight is 472 g/mol. The topological polar surface area (TPSA) is 109 Å². The number of benzene rings is 1. The summed E-state index contributed by atoms with van der Waals surface area (Å²) < 4.78 is 16.3. The summed E-state index contributed by atoms with van der Waals surface area (Å²) in [5, 5.41) is 5.84. The maximum Gasteiger partial charge on any atom is 0.354 e. The van der Waals surface area contributed by atoms with E-state index in [0.717, 1.165) is 39.0 Å². The molecule has 0 spiro atoms. The number of hydrogen-bond acceptors (Lipinski definition) is 6. The van der Waals surface area contributed by atoms with E-state index < -0.39 is 5.69 Å². The molecule has 2 aromatic rings. The first-order chi connectivity index (χ1) is 16.5. The van der Waals surface area contributed by atoms with Gasteiger partial charge >= 0.3 is 11.7 Å². The number of nitrogens with zero attached hydrogens (tertiary/aromatic N) is 4. The van der Waals surface area contributed by atoms with E-state index in [4.69, 9.17) is 5.73 Å². The average Bonchev–Trinajstić information content (AvgIpc) is 3.33. The van der Waals surface area contributed by atoms with Crippen LogP contribution in [0.3, 0.4) is 0 Å². The summed E-state index contributed by atoms with van der Waals surface area (Å²) in [4.78, 5) is 33.0. The van der Waals surface area contributed by atoms with E-state index in [0.29, 0.717) is 43.2 Å². The predicted octanol–water partition coefficient (Wildman–Crippen LogP) is 1.41. The Labute approximate surface area is 199 Å². The van der Waals surface area contributed by atoms with E-state index >= 15 is 4.39 Å². The summed E-state index contributed by atoms with van der Waals surface area (Å²) in [6.45, 7) is 7.44. The lowest BCUT2D eigenvalue weighted by molar-refractivity contribution is 0.204. The molecule has 34 heavy (non-hydrogen) atoms. The zero-order valence-corrected chi connectivity index (χ0v) is 19.7. The van der Waals surface area contributed by atoms with Gasteiger partial charge in [0, 0.05) is 45.0 Å². The summed E-state index contributed by atoms with van der Waals surface area (Å²) in [5.74, 6) is 0.354. The number of piperazine rings is 1. The van der Waals surface area contributed by atoms with Gasteiger partial charge in [-0.1, -0.05) is 13.0 Å². The van der Waals surface area contributed by atoms with Crippen molar-refractivity contribution in [2.45, 2.75) is 32.2 Å². The maximum atomic E-state index is 15.0. The molecule has 0 aliphatic carbocycles. The molecule has 0 saturated carbocycles. The maximum absolute atomic E-state index is 15.0. The summed E-state index contributed by atoms with van der Waals surface area (Å²) in [5.41, 5.74) is 6.27. The Kier molecular flexibility index (Phi) is 7.91. The van der Waals surface area contributed by atoms with Crippen molar-refractivity contribution in [2.75, 3.05) is 51.1 Å². The summed E-state index contributed by atoms with van der Waals surface area (Å²) in [6, 6.07) is 6.37. The second kappa shape index (κ2) is 11.1. The van der Waals surface area contributed by atoms with Gasteiger partial charge in [0.2, 0.25) is 0 Å². The lowest BCUT2D eigenvalue weighted by Gasteiger charge is -2.27. The van der Waals surface area contributed by atoms with Crippen LogP contribution in [0.2, 0.25) is 0 Å². The number of halogens is 1. The van der Waals surface area contributed by atoms with Crippen LogP contribution >= 0.6 is 0 Å². The minimum atomic E-state index is -0.582. The van der Waals surface area contributed by atoms with Gasteiger partial charge in [0.05, 0.1) is 5.69 Å². The van der Waals surface area contributed by atoms with Crippen molar-refractivity contribution >= 4 is 11.8 Å². The van der Waals surface area contributed by atoms with Crippen molar-refractivity contribution in [2.24, 2.45) is 11.7 Å². The lowest BCUT2D eigenvalue weighted by atomic mass is 10.0. The minimum Gasteiger partial charge on any atom is -0.330 e. The lowest BCUT2D eigenvalue weighted by Crippen LogP contribution is -2.48. The van der Waals surface area contributed by atoms with Crippen LogP contribution in [0.25, 0.3) is 5.69 Å². The Morgan fingerprint density at radius 1 is 1.29 bits per heavy atom. The second-order valence-corrected chi connectivity index (χ2v) is 9.06. The van der Waals surface area contributed by atoms with E-state index in [9.17, 15) is 9.59 Å². The Balaban J connectivity index is 1.43. The Morgan fingerprint density at radius 2 is 2.09 bits per heavy atom. The number of likely N-dealkylation sites (tertiary alicyclic amines) is 1. The molecule has 1 aromatic carbocycles. The third-order valence-electron chi connectivity index (χ3n) is 6.85. The van der Waals surface area contributed by atoms with Gasteiger partial charge < -0.3 is 16.0 Å². The van der Waals surface area contributed by atoms with Gasteiger partial charge in [-0.3, -0.25) is 14.8 Å². The Morgan fingerprint density at radius 3 is 2.74 bits per heavy atom. The van der Waals surface area contributed by atoms with E-state index in [-0.39, 0.29) is 23.7 Å². The molecule has 10 heteroatoms. The number of carbonyl (C=O) groups is 1. The van der Waals surface area contributed by atoms with Crippen LogP contribution < -0.4 is 22.1 Å². The molecule has 1 unspecified atom stereocenters. The van der Waals surface area contributed by atoms with E-state index in [1.54, 1.807) is 23.1 Å². The third kappa shape index (κ3) is 5.63. The Hall–Kier alpha value is -2.82. The number of nitrogens with two attached hydrogens (primary N) is 1. The molecule has 9 nitrogen and oxygen atoms in total. The van der Waals surface area contributed by atoms with Crippen LogP contribution in [0.4, 0.5) is 15.0 Å². The fraction of sp³-hybridized carbons (Fsp3) is 0.542. The van der Waals surface area contributed by atoms with E-state index in [1.807, 2.05) is 0 Å². The predicted molar refractivity (Wildman–Crippen MR) is 130 cm³/mol. The number of rotatable bonds is 7. The standard InChI is InChI=1S/C24H34FN7O2/c1-2-19(31-9-5-17(15-26)16-31)13-18-3-4-20(14-21(18)25)32-10-6-22(29-24(32)34)28-23(33)30-11-7-27-8-12-30/h3-4,6,10,14,17,19,27H,2,5,7-9,11-13,15-16,26H2,1H3,(H,28,29,33,34)/t17-,19?/m0/s1. The monoisotopic (exact) mass is 471 g/mol. The molecule has 1 aromatic heterocycles. The molecular formula is C24H34FN7O2. The van der Waals surface area contributed by atoms with Crippen molar-refractivity contribution in [3.05, 3.63) is 52.3 Å². The van der Waals surface area contributed by atoms with Crippen molar-refractivity contribution in [3.8, 4) is 5.69 Å². The Bertz CT molecular complexity index is 1050. The van der Waals surface area contributed by atoms with Gasteiger partial charge in [-0.05, 0) is 62.0 Å². The van der Waals surface area contributed by atoms with Crippen molar-refractivity contribution < 1.29 is 9.18 Å². The van der Waals surface area contributed by atoms with E-state index in [2.05, 4.69) is 27.4 Å². The van der Waals surface area contributed by atoms with E-state index in [1.165, 1.54) is 16.8 Å². The van der Waals surface area contributed by atoms with Crippen LogP contribution in [0.15, 0.2) is 35.3 Å². The molecule has 0 bridgehead atoms. The highest BCUT2D eigenvalue weighted by molar-refractivity contribution is 5.88. The zero-order chi connectivity index (χ0) is 24.1. The number of amides is 2. The highest BCUT2D eigenvalue weighted by Gasteiger charge is 2.27. The number of anilines is 1. The number of hydrogen-bond donors (Lipinski definition) is 3. The second-order valence-electron chi connectivity index (χ2n) is 9.06. The van der Waals surface area contributed by atoms with Crippen molar-refractivity contribution in [1.29, 1.82) is 0 Å². The van der Waals surface area contributed by atoms with Crippen molar-refractivity contribution in [1.82, 2.24) is 24.7 Å². The summed E-state index contributed by atoms with van der Waals surface area (Å²) in [6.07, 6.45) is 4.15. The number of aromatic nitrogens is 2. The highest BCUT2D eigenvalue weighted by atomic mass is 19.1. The van der Waals surface area contributed by atoms with Crippen LogP contribution in [0.1, 0.15) is 25.3 Å². The zero-order valence-electron chi connectivity index (χ0n) is 19.7. The van der Waals surface area contributed by atoms with Crippen LogP contribution in [0.5, 0.6) is 0 Å². The van der Waals surface area contributed by atoms with Gasteiger partial charge in [0.1, 0.15) is 11.6 Å². The van der Waals surface area contributed by atoms with Gasteiger partial charge in [-0.2, -0.15) is 4.98 Å². The molecular weight excluding hydrogens is 437 g/mol. The molecule has 2 atom stereocenters. The normalized spacial score (nSPS) is 19.9. The number of nitrogens with one attached hydrogen (secondary N) is 2. The van der Waals surface area contributed by atoms with Gasteiger partial charge in [-0.25, -0.2) is 14.0 Å². The molecule has 184 valence electrons.